The Bertz CT molecular complexity index is 1010. The molecule has 6 N–H and O–H groups in total. The van der Waals surface area contributed by atoms with E-state index in [1.807, 2.05) is 0 Å². The van der Waals surface area contributed by atoms with Crippen LogP contribution in [0.25, 0.3) is 0 Å². The van der Waals surface area contributed by atoms with Gasteiger partial charge in [0, 0.05) is 12.8 Å². The summed E-state index contributed by atoms with van der Waals surface area (Å²) in [6.45, 7) is 3.22. The Morgan fingerprint density at radius 2 is 0.944 bits per heavy atom. The van der Waals surface area contributed by atoms with Crippen molar-refractivity contribution in [3.05, 3.63) is 12.2 Å². The summed E-state index contributed by atoms with van der Waals surface area (Å²) in [4.78, 5) is 35.4. The van der Waals surface area contributed by atoms with Crippen molar-refractivity contribution in [2.24, 2.45) is 0 Å². The lowest BCUT2D eigenvalue weighted by atomic mass is 9.85. The fourth-order valence-electron chi connectivity index (χ4n) is 6.40. The lowest BCUT2D eigenvalue weighted by molar-refractivity contribution is -0.220. The topological polar surface area (TPSA) is 210 Å². The number of hydrogen-bond acceptors (Lipinski definition) is 12. The summed E-state index contributed by atoms with van der Waals surface area (Å²) in [5.74, 6) is -1.11. The Morgan fingerprint density at radius 3 is 1.41 bits per heavy atom. The van der Waals surface area contributed by atoms with Crippen molar-refractivity contribution >= 4 is 19.8 Å². The van der Waals surface area contributed by atoms with Crippen molar-refractivity contribution in [1.82, 2.24) is 0 Å². The van der Waals surface area contributed by atoms with Crippen LogP contribution in [0.2, 0.25) is 0 Å². The highest BCUT2D eigenvalue weighted by atomic mass is 31.2. The molecule has 1 aliphatic rings. The van der Waals surface area contributed by atoms with Crippen molar-refractivity contribution in [1.29, 1.82) is 0 Å². The van der Waals surface area contributed by atoms with Crippen LogP contribution in [0.4, 0.5) is 0 Å². The van der Waals surface area contributed by atoms with Gasteiger partial charge in [0.05, 0.1) is 6.61 Å². The summed E-state index contributed by atoms with van der Waals surface area (Å²) in [7, 11) is -5.10. The number of aliphatic hydroxyl groups excluding tert-OH is 5. The van der Waals surface area contributed by atoms with Crippen LogP contribution in [0, 0.1) is 0 Å². The van der Waals surface area contributed by atoms with E-state index in [2.05, 4.69) is 26.0 Å². The molecule has 0 aromatic rings. The highest BCUT2D eigenvalue weighted by Crippen LogP contribution is 2.47. The summed E-state index contributed by atoms with van der Waals surface area (Å²) in [6, 6.07) is 0. The van der Waals surface area contributed by atoms with E-state index in [4.69, 9.17) is 18.5 Å². The summed E-state index contributed by atoms with van der Waals surface area (Å²) >= 11 is 0. The lowest BCUT2D eigenvalue weighted by Gasteiger charge is -2.41. The Hall–Kier alpha value is -1.41. The highest BCUT2D eigenvalue weighted by molar-refractivity contribution is 7.47. The van der Waals surface area contributed by atoms with Crippen molar-refractivity contribution in [2.75, 3.05) is 13.2 Å². The zero-order chi connectivity index (χ0) is 40.0. The third-order valence-corrected chi connectivity index (χ3v) is 10.8. The first-order valence-electron chi connectivity index (χ1n) is 21.0. The molecule has 0 spiro atoms. The second kappa shape index (κ2) is 31.6. The molecule has 0 aromatic carbocycles. The second-order valence-corrected chi connectivity index (χ2v) is 16.3. The molecular weight excluding hydrogens is 719 g/mol. The van der Waals surface area contributed by atoms with Crippen LogP contribution in [-0.2, 0) is 32.7 Å². The molecule has 0 radical (unpaired) electrons. The van der Waals surface area contributed by atoms with E-state index in [0.29, 0.717) is 12.8 Å². The third kappa shape index (κ3) is 24.3. The Labute approximate surface area is 324 Å². The SMILES string of the molecule is CCCCCCCCC/C=C\CCCCCCCCCC(=O)OC(COC(=O)CCCCCCCCC)COP(=O)(O)OC1C(O)C(O)C(O)C(O)C1O. The van der Waals surface area contributed by atoms with Crippen LogP contribution in [0.15, 0.2) is 12.2 Å². The molecule has 14 heteroatoms. The lowest BCUT2D eigenvalue weighted by Crippen LogP contribution is -2.64. The number of hydrogen-bond donors (Lipinski definition) is 6. The van der Waals surface area contributed by atoms with Gasteiger partial charge in [0.25, 0.3) is 0 Å². The fraction of sp³-hybridized carbons (Fsp3) is 0.900. The van der Waals surface area contributed by atoms with E-state index >= 15 is 0 Å². The van der Waals surface area contributed by atoms with Gasteiger partial charge >= 0.3 is 19.8 Å². The largest absolute Gasteiger partial charge is 0.472 e. The zero-order valence-electron chi connectivity index (χ0n) is 33.3. The van der Waals surface area contributed by atoms with Gasteiger partial charge in [0.1, 0.15) is 43.2 Å². The predicted molar refractivity (Wildman–Crippen MR) is 207 cm³/mol. The summed E-state index contributed by atoms with van der Waals surface area (Å²) in [5.41, 5.74) is 0. The van der Waals surface area contributed by atoms with Crippen LogP contribution in [0.3, 0.4) is 0 Å². The average Bonchev–Trinajstić information content (AvgIpc) is 3.15. The molecule has 0 bridgehead atoms. The van der Waals surface area contributed by atoms with Gasteiger partial charge in [-0.3, -0.25) is 18.6 Å². The Morgan fingerprint density at radius 1 is 0.556 bits per heavy atom. The van der Waals surface area contributed by atoms with E-state index in [-0.39, 0.29) is 12.8 Å². The van der Waals surface area contributed by atoms with Crippen molar-refractivity contribution in [3.63, 3.8) is 0 Å². The van der Waals surface area contributed by atoms with Crippen LogP contribution in [0.5, 0.6) is 0 Å². The molecule has 0 saturated heterocycles. The minimum atomic E-state index is -5.10. The first kappa shape index (κ1) is 50.6. The van der Waals surface area contributed by atoms with Crippen LogP contribution in [-0.4, -0.2) is 98.3 Å². The number of rotatable bonds is 34. The van der Waals surface area contributed by atoms with Gasteiger partial charge in [-0.05, 0) is 38.5 Å². The molecule has 54 heavy (non-hydrogen) atoms. The molecule has 0 aliphatic heterocycles. The van der Waals surface area contributed by atoms with E-state index in [0.717, 1.165) is 64.2 Å². The number of carbonyl (C=O) groups is 2. The van der Waals surface area contributed by atoms with Gasteiger partial charge in [-0.25, -0.2) is 4.57 Å². The maximum atomic E-state index is 12.7. The molecule has 6 unspecified atom stereocenters. The number of phosphoric ester groups is 1. The predicted octanol–water partition coefficient (Wildman–Crippen LogP) is 7.11. The van der Waals surface area contributed by atoms with Gasteiger partial charge in [-0.15, -0.1) is 0 Å². The first-order valence-corrected chi connectivity index (χ1v) is 22.5. The number of esters is 2. The minimum Gasteiger partial charge on any atom is -0.462 e. The smallest absolute Gasteiger partial charge is 0.462 e. The Balaban J connectivity index is 2.44. The van der Waals surface area contributed by atoms with Crippen LogP contribution < -0.4 is 0 Å². The third-order valence-electron chi connectivity index (χ3n) is 9.86. The van der Waals surface area contributed by atoms with E-state index < -0.39 is 75.7 Å². The number of allylic oxidation sites excluding steroid dienone is 2. The van der Waals surface area contributed by atoms with Crippen LogP contribution >= 0.6 is 7.82 Å². The van der Waals surface area contributed by atoms with Crippen molar-refractivity contribution in [3.8, 4) is 0 Å². The maximum absolute atomic E-state index is 12.7. The maximum Gasteiger partial charge on any atom is 0.472 e. The van der Waals surface area contributed by atoms with E-state index in [1.165, 1.54) is 70.6 Å². The number of aliphatic hydroxyl groups is 5. The average molecular weight is 795 g/mol. The first-order chi connectivity index (χ1) is 25.9. The monoisotopic (exact) mass is 794 g/mol. The molecule has 1 aliphatic carbocycles. The van der Waals surface area contributed by atoms with Gasteiger partial charge in [0.15, 0.2) is 6.10 Å². The van der Waals surface area contributed by atoms with Gasteiger partial charge in [-0.1, -0.05) is 135 Å². The molecule has 13 nitrogen and oxygen atoms in total. The second-order valence-electron chi connectivity index (χ2n) is 14.8. The van der Waals surface area contributed by atoms with Crippen LogP contribution in [0.1, 0.15) is 174 Å². The number of carbonyl (C=O) groups excluding carboxylic acids is 2. The highest BCUT2D eigenvalue weighted by Gasteiger charge is 2.51. The molecule has 0 heterocycles. The molecule has 1 fully saturated rings. The summed E-state index contributed by atoms with van der Waals surface area (Å²) in [5, 5.41) is 49.9. The molecule has 6 atom stereocenters. The molecule has 318 valence electrons. The number of ether oxygens (including phenoxy) is 2. The minimum absolute atomic E-state index is 0.0951. The van der Waals surface area contributed by atoms with Gasteiger partial charge in [0.2, 0.25) is 0 Å². The quantitative estimate of drug-likeness (QED) is 0.0166. The van der Waals surface area contributed by atoms with E-state index in [9.17, 15) is 44.6 Å². The molecule has 1 saturated carbocycles. The van der Waals surface area contributed by atoms with Gasteiger partial charge in [-0.2, -0.15) is 0 Å². The van der Waals surface area contributed by atoms with Gasteiger partial charge < -0.3 is 39.9 Å². The molecule has 1 rings (SSSR count). The molecule has 0 aromatic heterocycles. The zero-order valence-corrected chi connectivity index (χ0v) is 34.2. The standard InChI is InChI=1S/C40H75O13P/c1-3-5-7-9-11-12-13-14-15-16-17-18-19-20-21-23-25-27-29-34(42)52-32(30-50-33(41)28-26-24-22-10-8-6-4-2)31-51-54(48,49)53-40-38(46)36(44)35(43)37(45)39(40)47/h15-16,32,35-40,43-47H,3-14,17-31H2,1-2H3,(H,48,49)/b16-15-. The Kier molecular flexibility index (Phi) is 29.7. The normalized spacial score (nSPS) is 23.3. The summed E-state index contributed by atoms with van der Waals surface area (Å²) in [6.07, 6.45) is 17.4. The summed E-state index contributed by atoms with van der Waals surface area (Å²) < 4.78 is 33.3. The van der Waals surface area contributed by atoms with E-state index in [1.54, 1.807) is 0 Å². The van der Waals surface area contributed by atoms with Crippen molar-refractivity contribution < 1.29 is 63.1 Å². The molecule has 0 amide bonds. The van der Waals surface area contributed by atoms with Crippen molar-refractivity contribution in [2.45, 2.75) is 217 Å². The molecular formula is C40H75O13P. The fourth-order valence-corrected chi connectivity index (χ4v) is 7.37. The number of unbranched alkanes of at least 4 members (excludes halogenated alkanes) is 20. The number of phosphoric acid groups is 1.